The van der Waals surface area contributed by atoms with E-state index in [2.05, 4.69) is 37.1 Å². The standard InChI is InChI=1S/C17H18FN/c1-12-4-3-5-15-16(12)10-19(2)11-17(15)13-6-8-14(18)9-7-13/h3-9,17H,10-11H2,1-2H3. The molecule has 0 aromatic heterocycles. The van der Waals surface area contributed by atoms with Gasteiger partial charge < -0.3 is 4.90 Å². The molecule has 1 unspecified atom stereocenters. The van der Waals surface area contributed by atoms with Crippen molar-refractivity contribution in [3.63, 3.8) is 0 Å². The average molecular weight is 255 g/mol. The minimum Gasteiger partial charge on any atom is -0.301 e. The van der Waals surface area contributed by atoms with Crippen molar-refractivity contribution in [1.29, 1.82) is 0 Å². The lowest BCUT2D eigenvalue weighted by Gasteiger charge is -2.33. The SMILES string of the molecule is Cc1cccc2c1CN(C)CC2c1ccc(F)cc1. The second-order valence-corrected chi connectivity index (χ2v) is 5.44. The van der Waals surface area contributed by atoms with Crippen molar-refractivity contribution < 1.29 is 4.39 Å². The third-order valence-electron chi connectivity index (χ3n) is 4.02. The number of halogens is 1. The van der Waals surface area contributed by atoms with Crippen LogP contribution in [0, 0.1) is 12.7 Å². The molecule has 0 saturated carbocycles. The molecule has 2 heteroatoms. The zero-order valence-corrected chi connectivity index (χ0v) is 11.4. The van der Waals surface area contributed by atoms with Gasteiger partial charge in [0.1, 0.15) is 5.82 Å². The van der Waals surface area contributed by atoms with Crippen molar-refractivity contribution in [2.75, 3.05) is 13.6 Å². The predicted molar refractivity (Wildman–Crippen MR) is 75.8 cm³/mol. The molecule has 0 amide bonds. The Hall–Kier alpha value is -1.67. The van der Waals surface area contributed by atoms with E-state index < -0.39 is 0 Å². The Morgan fingerprint density at radius 3 is 2.58 bits per heavy atom. The number of hydrogen-bond donors (Lipinski definition) is 0. The number of rotatable bonds is 1. The highest BCUT2D eigenvalue weighted by atomic mass is 19.1. The van der Waals surface area contributed by atoms with E-state index in [0.29, 0.717) is 5.92 Å². The zero-order chi connectivity index (χ0) is 13.4. The van der Waals surface area contributed by atoms with Gasteiger partial charge in [-0.2, -0.15) is 0 Å². The summed E-state index contributed by atoms with van der Waals surface area (Å²) in [5.74, 6) is 0.173. The molecule has 2 aromatic carbocycles. The molecule has 0 saturated heterocycles. The number of likely N-dealkylation sites (N-methyl/N-ethyl adjacent to an activating group) is 1. The molecule has 1 aliphatic heterocycles. The fourth-order valence-electron chi connectivity index (χ4n) is 2.99. The summed E-state index contributed by atoms with van der Waals surface area (Å²) in [7, 11) is 2.14. The fourth-order valence-corrected chi connectivity index (χ4v) is 2.99. The smallest absolute Gasteiger partial charge is 0.123 e. The van der Waals surface area contributed by atoms with Gasteiger partial charge in [0, 0.05) is 19.0 Å². The summed E-state index contributed by atoms with van der Waals surface area (Å²) in [5, 5.41) is 0. The fraction of sp³-hybridized carbons (Fsp3) is 0.294. The quantitative estimate of drug-likeness (QED) is 0.751. The van der Waals surface area contributed by atoms with Gasteiger partial charge in [-0.05, 0) is 48.4 Å². The summed E-state index contributed by atoms with van der Waals surface area (Å²) in [4.78, 5) is 2.34. The maximum absolute atomic E-state index is 13.1. The van der Waals surface area contributed by atoms with Crippen molar-refractivity contribution in [1.82, 2.24) is 4.90 Å². The van der Waals surface area contributed by atoms with Crippen LogP contribution in [-0.4, -0.2) is 18.5 Å². The number of hydrogen-bond acceptors (Lipinski definition) is 1. The van der Waals surface area contributed by atoms with Gasteiger partial charge in [-0.25, -0.2) is 4.39 Å². The average Bonchev–Trinajstić information content (AvgIpc) is 2.40. The lowest BCUT2D eigenvalue weighted by atomic mass is 9.83. The van der Waals surface area contributed by atoms with Crippen LogP contribution in [0.25, 0.3) is 0 Å². The van der Waals surface area contributed by atoms with Gasteiger partial charge in [-0.15, -0.1) is 0 Å². The van der Waals surface area contributed by atoms with E-state index in [1.54, 1.807) is 12.1 Å². The molecule has 0 N–H and O–H groups in total. The van der Waals surface area contributed by atoms with E-state index in [1.807, 2.05) is 12.1 Å². The van der Waals surface area contributed by atoms with Crippen LogP contribution in [0.2, 0.25) is 0 Å². The summed E-state index contributed by atoms with van der Waals surface area (Å²) >= 11 is 0. The molecular formula is C17H18FN. The highest BCUT2D eigenvalue weighted by molar-refractivity contribution is 5.43. The molecular weight excluding hydrogens is 237 g/mol. The molecule has 98 valence electrons. The van der Waals surface area contributed by atoms with Crippen LogP contribution in [-0.2, 0) is 6.54 Å². The second-order valence-electron chi connectivity index (χ2n) is 5.44. The molecule has 2 aromatic rings. The molecule has 19 heavy (non-hydrogen) atoms. The number of fused-ring (bicyclic) bond motifs is 1. The van der Waals surface area contributed by atoms with E-state index in [-0.39, 0.29) is 5.82 Å². The first kappa shape index (κ1) is 12.4. The Labute approximate surface area is 113 Å². The van der Waals surface area contributed by atoms with Gasteiger partial charge >= 0.3 is 0 Å². The Morgan fingerprint density at radius 2 is 1.84 bits per heavy atom. The first-order valence-corrected chi connectivity index (χ1v) is 6.67. The first-order chi connectivity index (χ1) is 9.15. The van der Waals surface area contributed by atoms with Gasteiger partial charge in [0.2, 0.25) is 0 Å². The molecule has 1 atom stereocenters. The van der Waals surface area contributed by atoms with Gasteiger partial charge in [-0.3, -0.25) is 0 Å². The van der Waals surface area contributed by atoms with Gasteiger partial charge in [0.05, 0.1) is 0 Å². The van der Waals surface area contributed by atoms with Gasteiger partial charge in [0.15, 0.2) is 0 Å². The van der Waals surface area contributed by atoms with Crippen molar-refractivity contribution in [3.8, 4) is 0 Å². The molecule has 0 radical (unpaired) electrons. The summed E-state index contributed by atoms with van der Waals surface area (Å²) in [6, 6.07) is 13.4. The lowest BCUT2D eigenvalue weighted by Crippen LogP contribution is -2.31. The summed E-state index contributed by atoms with van der Waals surface area (Å²) in [6.45, 7) is 4.15. The minimum atomic E-state index is -0.169. The monoisotopic (exact) mass is 255 g/mol. The maximum atomic E-state index is 13.1. The van der Waals surface area contributed by atoms with Crippen LogP contribution >= 0.6 is 0 Å². The molecule has 0 aliphatic carbocycles. The summed E-state index contributed by atoms with van der Waals surface area (Å²) < 4.78 is 13.1. The molecule has 0 bridgehead atoms. The number of nitrogens with zero attached hydrogens (tertiary/aromatic N) is 1. The van der Waals surface area contributed by atoms with Crippen LogP contribution in [0.3, 0.4) is 0 Å². The zero-order valence-electron chi connectivity index (χ0n) is 11.4. The molecule has 1 heterocycles. The number of aryl methyl sites for hydroxylation is 1. The van der Waals surface area contributed by atoms with Crippen molar-refractivity contribution >= 4 is 0 Å². The summed E-state index contributed by atoms with van der Waals surface area (Å²) in [5.41, 5.74) is 5.35. The molecule has 0 fully saturated rings. The molecule has 1 nitrogen and oxygen atoms in total. The Morgan fingerprint density at radius 1 is 1.11 bits per heavy atom. The van der Waals surface area contributed by atoms with Gasteiger partial charge in [-0.1, -0.05) is 30.3 Å². The van der Waals surface area contributed by atoms with E-state index in [0.717, 1.165) is 13.1 Å². The van der Waals surface area contributed by atoms with E-state index in [9.17, 15) is 4.39 Å². The largest absolute Gasteiger partial charge is 0.301 e. The van der Waals surface area contributed by atoms with Crippen molar-refractivity contribution in [2.24, 2.45) is 0 Å². The third-order valence-corrected chi connectivity index (χ3v) is 4.02. The van der Waals surface area contributed by atoms with E-state index >= 15 is 0 Å². The van der Waals surface area contributed by atoms with E-state index in [1.165, 1.54) is 22.3 Å². The topological polar surface area (TPSA) is 3.24 Å². The third kappa shape index (κ3) is 2.28. The Balaban J connectivity index is 2.08. The van der Waals surface area contributed by atoms with Crippen molar-refractivity contribution in [3.05, 3.63) is 70.5 Å². The molecule has 3 rings (SSSR count). The van der Waals surface area contributed by atoms with Crippen LogP contribution in [0.1, 0.15) is 28.2 Å². The second kappa shape index (κ2) is 4.78. The van der Waals surface area contributed by atoms with Crippen LogP contribution in [0.4, 0.5) is 4.39 Å². The normalized spacial score (nSPS) is 19.2. The van der Waals surface area contributed by atoms with Crippen LogP contribution < -0.4 is 0 Å². The Kier molecular flexibility index (Phi) is 3.11. The maximum Gasteiger partial charge on any atom is 0.123 e. The van der Waals surface area contributed by atoms with Crippen LogP contribution in [0.5, 0.6) is 0 Å². The summed E-state index contributed by atoms with van der Waals surface area (Å²) in [6.07, 6.45) is 0. The van der Waals surface area contributed by atoms with Crippen molar-refractivity contribution in [2.45, 2.75) is 19.4 Å². The van der Waals surface area contributed by atoms with E-state index in [4.69, 9.17) is 0 Å². The predicted octanol–water partition coefficient (Wildman–Crippen LogP) is 3.71. The molecule has 0 spiro atoms. The van der Waals surface area contributed by atoms with Crippen LogP contribution in [0.15, 0.2) is 42.5 Å². The van der Waals surface area contributed by atoms with Gasteiger partial charge in [0.25, 0.3) is 0 Å². The first-order valence-electron chi connectivity index (χ1n) is 6.67. The molecule has 1 aliphatic rings. The number of benzene rings is 2. The minimum absolute atomic E-state index is 0.169. The highest BCUT2D eigenvalue weighted by Crippen LogP contribution is 2.34. The highest BCUT2D eigenvalue weighted by Gasteiger charge is 2.25. The Bertz CT molecular complexity index is 589. The lowest BCUT2D eigenvalue weighted by molar-refractivity contribution is 0.294.